The third kappa shape index (κ3) is 33.3. The highest BCUT2D eigenvalue weighted by Gasteiger charge is 2.43. The quantitative estimate of drug-likeness (QED) is 0.0273. The van der Waals surface area contributed by atoms with Crippen LogP contribution in [-0.4, -0.2) is 211 Å². The number of aromatic amines is 1. The largest absolute Gasteiger partial charge is 0.508 e. The number of hydrogen-bond donors (Lipinski definition) is 19. The molecule has 0 fully saturated rings. The molecule has 0 saturated heterocycles. The summed E-state index contributed by atoms with van der Waals surface area (Å²) in [7, 11) is 0. The zero-order chi connectivity index (χ0) is 90.2. The van der Waals surface area contributed by atoms with Crippen LogP contribution in [-0.2, 0) is 96.0 Å². The van der Waals surface area contributed by atoms with Gasteiger partial charge in [0.25, 0.3) is 0 Å². The fraction of sp³-hybridized carbons (Fsp3) is 0.558. The first-order valence-corrected chi connectivity index (χ1v) is 41.4. The Morgan fingerprint density at radius 1 is 0.598 bits per heavy atom. The number of carbonyl (C=O) groups is 16. The summed E-state index contributed by atoms with van der Waals surface area (Å²) in [6, 6.07) is 2.62. The molecule has 21 N–H and O–H groups in total. The van der Waals surface area contributed by atoms with Crippen molar-refractivity contribution in [3.8, 4) is 5.75 Å². The Balaban J connectivity index is 0.0000312. The smallest absolute Gasteiger partial charge is 0.246 e. The van der Waals surface area contributed by atoms with Crippen molar-refractivity contribution < 1.29 is 92.0 Å². The molecule has 35 nitrogen and oxygen atoms in total. The van der Waals surface area contributed by atoms with E-state index < -0.39 is 197 Å². The number of halogens is 1. The Morgan fingerprint density at radius 3 is 1.83 bits per heavy atom. The van der Waals surface area contributed by atoms with Crippen LogP contribution in [0.4, 0.5) is 0 Å². The van der Waals surface area contributed by atoms with Crippen LogP contribution in [0.25, 0.3) is 10.9 Å². The Kier molecular flexibility index (Phi) is 42.0. The molecule has 0 spiro atoms. The summed E-state index contributed by atoms with van der Waals surface area (Å²) in [6.45, 7) is 16.3. The maximum atomic E-state index is 15.2. The molecule has 15 atom stereocenters. The number of aromatic hydroxyl groups is 1. The second kappa shape index (κ2) is 49.7. The molecule has 122 heavy (non-hydrogen) atoms. The number of aromatic nitrogens is 1. The van der Waals surface area contributed by atoms with Gasteiger partial charge in [-0.2, -0.15) is 0 Å². The van der Waals surface area contributed by atoms with Gasteiger partial charge in [-0.05, 0) is 159 Å². The van der Waals surface area contributed by atoms with Crippen LogP contribution in [0.2, 0.25) is 5.02 Å². The number of aliphatic hydroxyl groups is 2. The summed E-state index contributed by atoms with van der Waals surface area (Å²) in [5.41, 5.74) is 9.02. The number of rotatable bonds is 29. The molecule has 0 saturated carbocycles. The summed E-state index contributed by atoms with van der Waals surface area (Å²) in [6.07, 6.45) is 5.20. The molecular weight excluding hydrogens is 1600 g/mol. The molecule has 5 rings (SSSR count). The Labute approximate surface area is 717 Å². The third-order valence-electron chi connectivity index (χ3n) is 20.8. The number of phenols is 1. The summed E-state index contributed by atoms with van der Waals surface area (Å²) >= 11 is 6.36. The molecule has 4 aromatic rings. The lowest BCUT2D eigenvalue weighted by molar-refractivity contribution is -0.140. The molecule has 0 radical (unpaired) electrons. The van der Waals surface area contributed by atoms with Crippen molar-refractivity contribution in [3.63, 3.8) is 0 Å². The third-order valence-corrected chi connectivity index (χ3v) is 21.0. The molecule has 3 aromatic carbocycles. The molecule has 672 valence electrons. The van der Waals surface area contributed by atoms with Gasteiger partial charge in [0.15, 0.2) is 0 Å². The molecule has 36 heteroatoms. The zero-order valence-electron chi connectivity index (χ0n) is 71.0. The Hall–Kier alpha value is -11.2. The molecule has 14 amide bonds. The predicted molar refractivity (Wildman–Crippen MR) is 458 cm³/mol. The van der Waals surface area contributed by atoms with E-state index in [2.05, 4.69) is 74.1 Å². The second-order valence-electron chi connectivity index (χ2n) is 32.5. The Bertz CT molecular complexity index is 4310. The zero-order valence-corrected chi connectivity index (χ0v) is 71.7. The van der Waals surface area contributed by atoms with Crippen molar-refractivity contribution in [1.29, 1.82) is 0 Å². The monoisotopic (exact) mass is 1720 g/mol. The number of nitrogens with two attached hydrogens (primary N) is 2. The summed E-state index contributed by atoms with van der Waals surface area (Å²) in [5.74, 6) is -16.2. The molecule has 1 aliphatic rings. The molecule has 1 aromatic heterocycles. The number of fused-ring (bicyclic) bond motifs is 1. The number of Topliss-reactive ketones (excluding diaryl/α,β-unsaturated/α-hetero) is 2. The molecule has 2 heterocycles. The van der Waals surface area contributed by atoms with Gasteiger partial charge in [0.05, 0.1) is 30.7 Å². The average molecular weight is 1720 g/mol. The predicted octanol–water partition coefficient (Wildman–Crippen LogP) is 1.90. The fourth-order valence-corrected chi connectivity index (χ4v) is 13.8. The second-order valence-corrected chi connectivity index (χ2v) is 33.0. The van der Waals surface area contributed by atoms with Crippen molar-refractivity contribution >= 4 is 117 Å². The van der Waals surface area contributed by atoms with Gasteiger partial charge in [-0.3, -0.25) is 76.7 Å². The number of allylic oxidation sites excluding steroid dienone is 2. The van der Waals surface area contributed by atoms with Gasteiger partial charge in [0, 0.05) is 61.3 Å². The maximum absolute atomic E-state index is 15.2. The minimum atomic E-state index is -1.92. The lowest BCUT2D eigenvalue weighted by Crippen LogP contribution is -2.64. The first-order valence-electron chi connectivity index (χ1n) is 41.0. The summed E-state index contributed by atoms with van der Waals surface area (Å²) < 4.78 is 0. The Morgan fingerprint density at radius 2 is 1.21 bits per heavy atom. The van der Waals surface area contributed by atoms with E-state index in [0.717, 1.165) is 0 Å². The lowest BCUT2D eigenvalue weighted by atomic mass is 9.89. The number of hydrogen-bond acceptors (Lipinski definition) is 20. The number of aliphatic hydroxyl groups excluding tert-OH is 2. The molecular formula is C86H127ClN16O19. The number of benzene rings is 3. The van der Waals surface area contributed by atoms with Crippen LogP contribution < -0.4 is 80.6 Å². The minimum Gasteiger partial charge on any atom is -0.508 e. The highest BCUT2D eigenvalue weighted by molar-refractivity contribution is 6.41. The van der Waals surface area contributed by atoms with Crippen LogP contribution in [0.3, 0.4) is 0 Å². The van der Waals surface area contributed by atoms with Crippen molar-refractivity contribution in [2.75, 3.05) is 13.2 Å². The number of phenolic OH excluding ortho intramolecular Hbond substituents is 1. The van der Waals surface area contributed by atoms with Gasteiger partial charge in [-0.15, -0.1) is 0 Å². The van der Waals surface area contributed by atoms with Crippen LogP contribution in [0.5, 0.6) is 5.75 Å². The van der Waals surface area contributed by atoms with E-state index >= 15 is 19.2 Å². The molecule has 3 unspecified atom stereocenters. The number of H-pyrrole nitrogens is 1. The number of ketones is 2. The summed E-state index contributed by atoms with van der Waals surface area (Å²) in [4.78, 5) is 228. The summed E-state index contributed by atoms with van der Waals surface area (Å²) in [5, 5.41) is 67.1. The van der Waals surface area contributed by atoms with Gasteiger partial charge in [-0.1, -0.05) is 127 Å². The maximum Gasteiger partial charge on any atom is 0.246 e. The van der Waals surface area contributed by atoms with Gasteiger partial charge in [-0.25, -0.2) is 0 Å². The van der Waals surface area contributed by atoms with E-state index in [4.69, 9.17) is 23.1 Å². The number of carbonyl (C=O) groups excluding carboxylic acids is 16. The van der Waals surface area contributed by atoms with Crippen molar-refractivity contribution in [2.45, 2.75) is 277 Å². The SMILES string of the molecule is C.CC(=O)N[C@@H](CC(C)C)C(=O)N[C@H](C(=O)N[C@@H](Cc1ccccc1)C(=O)N[C@]1(C)CCCCCC/C=C/CCC[C@@](C)(C(=O)NC(CO)C(=O)N[C@@H](C)C(=O)NC(C)C(N)=O)NC(=O)[C@H](CC(C)C)CN[C@@H](CCC(N)=O)C(=O)C(=O)[C@H](C)NC(=O)[C@H](Cc2c[nH]c3cc(Cl)ccc23)NC(=O)[C@H](Cc2ccc(O)cc2)NC(=O)C(C)NC1=O)[C@@H](C)O. The topological polar surface area (TPSA) is 558 Å². The standard InChI is InChI=1S/C85H123ClN16O19.CH4/c1-46(2)37-57-44-89-61(33-34-68(87)107)71(109)70(108)48(5)91-76(114)66(41-56-43-90-62-42-58(86)29-32-60(56)62)97-77(115)64(40-55-27-30-59(106)31-28-55)96-74(112)51(8)94-82(120)84(11,102-80(118)65(39-54-25-21-20-22-26-54)98-81(119)69(52(9)104)100-78(116)63(38-47(3)4)95-53(10)105)35-23-18-16-14-13-15-17-19-24-36-85(12,101-75(57)113)83(121)99-67(45-103)79(117)93-50(7)73(111)92-49(6)72(88)110;/h15,17,20-22,25-32,42-43,46-52,57,61,63-67,69,89-90,103-104,106H,13-14,16,18-19,23-24,33-41,44-45H2,1-12H3,(H2,87,107)(H2,88,110)(H,91,114)(H,92,111)(H,93,117)(H,94,120)(H,95,105)(H,96,112)(H,97,115)(H,98,119)(H,99,121)(H,100,116)(H,101,113)(H,102,118);1H4/b17-15+;/t48-,49?,50-,51?,52+,57+,61-,63-,64-,65-,66-,67?,69-,84+,85-;/m0./s1. The van der Waals surface area contributed by atoms with E-state index in [0.29, 0.717) is 64.7 Å². The first kappa shape index (κ1) is 103. The average Bonchev–Trinajstić information content (AvgIpc) is 1.29. The van der Waals surface area contributed by atoms with E-state index in [1.807, 2.05) is 26.0 Å². The van der Waals surface area contributed by atoms with E-state index in [1.54, 1.807) is 68.6 Å². The van der Waals surface area contributed by atoms with Gasteiger partial charge >= 0.3 is 0 Å². The normalized spacial score (nSPS) is 22.6. The number of primary amides is 2. The van der Waals surface area contributed by atoms with Gasteiger partial charge in [0.1, 0.15) is 71.2 Å². The van der Waals surface area contributed by atoms with Crippen molar-refractivity contribution in [2.24, 2.45) is 29.2 Å². The molecule has 0 bridgehead atoms. The minimum absolute atomic E-state index is 0. The van der Waals surface area contributed by atoms with Crippen LogP contribution >= 0.6 is 11.6 Å². The highest BCUT2D eigenvalue weighted by atomic mass is 35.5. The highest BCUT2D eigenvalue weighted by Crippen LogP contribution is 2.26. The van der Waals surface area contributed by atoms with Crippen molar-refractivity contribution in [3.05, 3.63) is 113 Å². The van der Waals surface area contributed by atoms with E-state index in [-0.39, 0.29) is 95.8 Å². The number of amides is 14. The van der Waals surface area contributed by atoms with E-state index in [1.165, 1.54) is 79.7 Å². The van der Waals surface area contributed by atoms with Crippen LogP contribution in [0, 0.1) is 17.8 Å². The molecule has 1 aliphatic heterocycles. The van der Waals surface area contributed by atoms with Gasteiger partial charge in [0.2, 0.25) is 94.3 Å². The van der Waals surface area contributed by atoms with Crippen molar-refractivity contribution in [1.82, 2.24) is 74.1 Å². The van der Waals surface area contributed by atoms with Gasteiger partial charge < -0.3 is 101 Å². The molecule has 0 aliphatic carbocycles. The van der Waals surface area contributed by atoms with Crippen LogP contribution in [0.1, 0.15) is 191 Å². The number of nitrogens with one attached hydrogen (secondary N) is 14. The lowest BCUT2D eigenvalue weighted by Gasteiger charge is -2.33. The van der Waals surface area contributed by atoms with E-state index in [9.17, 15) is 72.9 Å². The van der Waals surface area contributed by atoms with Crippen LogP contribution in [0.15, 0.2) is 91.1 Å². The first-order chi connectivity index (χ1) is 56.9. The fourth-order valence-electron chi connectivity index (χ4n) is 13.7.